The summed E-state index contributed by atoms with van der Waals surface area (Å²) < 4.78 is 0. The molecule has 0 bridgehead atoms. The highest BCUT2D eigenvalue weighted by Crippen LogP contribution is 2.14. The molecule has 0 saturated heterocycles. The highest BCUT2D eigenvalue weighted by atomic mass is 16.3. The molecule has 5 N–H and O–H groups in total. The molecule has 0 aliphatic carbocycles. The zero-order valence-electron chi connectivity index (χ0n) is 45.7. The van der Waals surface area contributed by atoms with E-state index in [4.69, 9.17) is 0 Å². The number of unbranched alkanes of at least 4 members (excludes halogenated alkanes) is 34. The van der Waals surface area contributed by atoms with Crippen molar-refractivity contribution in [3.63, 3.8) is 0 Å². The summed E-state index contributed by atoms with van der Waals surface area (Å²) in [5, 5.41) is 21.7. The van der Waals surface area contributed by atoms with Gasteiger partial charge in [-0.05, 0) is 38.6 Å². The van der Waals surface area contributed by atoms with Gasteiger partial charge in [0.1, 0.15) is 0 Å². The van der Waals surface area contributed by atoms with E-state index in [1.807, 2.05) is 0 Å². The lowest BCUT2D eigenvalue weighted by Gasteiger charge is -2.21. The number of aliphatic hydroxyl groups excluding tert-OH is 1. The third-order valence-corrected chi connectivity index (χ3v) is 13.2. The van der Waals surface area contributed by atoms with Crippen molar-refractivity contribution in [1.29, 1.82) is 0 Å². The van der Waals surface area contributed by atoms with Crippen molar-refractivity contribution < 1.29 is 19.5 Å². The van der Waals surface area contributed by atoms with Gasteiger partial charge in [0.25, 0.3) is 0 Å². The number of hydrogen-bond acceptors (Lipinski definition) is 6. The Morgan fingerprint density at radius 3 is 0.851 bits per heavy atom. The highest BCUT2D eigenvalue weighted by Gasteiger charge is 2.11. The molecule has 0 radical (unpaired) electrons. The predicted molar refractivity (Wildman–Crippen MR) is 292 cm³/mol. The quantitative estimate of drug-likeness (QED) is 0.0387. The Labute approximate surface area is 418 Å². The van der Waals surface area contributed by atoms with Crippen LogP contribution in [0.15, 0.2) is 0 Å². The first kappa shape index (κ1) is 67.4. The van der Waals surface area contributed by atoms with Gasteiger partial charge in [-0.2, -0.15) is 0 Å². The average molecular weight is 951 g/mol. The van der Waals surface area contributed by atoms with E-state index in [0.29, 0.717) is 45.3 Å². The van der Waals surface area contributed by atoms with Gasteiger partial charge in [0.2, 0.25) is 17.7 Å². The van der Waals surface area contributed by atoms with Crippen molar-refractivity contribution in [2.24, 2.45) is 0 Å². The topological polar surface area (TPSA) is 123 Å². The Kier molecular flexibility index (Phi) is 60.7. The van der Waals surface area contributed by atoms with Crippen LogP contribution in [0.25, 0.3) is 0 Å². The van der Waals surface area contributed by atoms with E-state index in [9.17, 15) is 19.5 Å². The van der Waals surface area contributed by atoms with Gasteiger partial charge in [-0.3, -0.25) is 14.4 Å². The number of carbonyl (C=O) groups is 3. The summed E-state index contributed by atoms with van der Waals surface area (Å²) in [6.45, 7) is 15.3. The summed E-state index contributed by atoms with van der Waals surface area (Å²) in [4.78, 5) is 38.5. The molecule has 9 heteroatoms. The maximum Gasteiger partial charge on any atom is 0.221 e. The Hall–Kier alpha value is -1.71. The normalized spacial score (nSPS) is 11.2. The second kappa shape index (κ2) is 60.4. The number of nitrogens with zero attached hydrogens (tertiary/aromatic N) is 1. The van der Waals surface area contributed by atoms with Crippen molar-refractivity contribution in [2.75, 3.05) is 59.0 Å². The first-order valence-corrected chi connectivity index (χ1v) is 29.8. The van der Waals surface area contributed by atoms with E-state index in [1.54, 1.807) is 0 Å². The van der Waals surface area contributed by atoms with Gasteiger partial charge in [0.15, 0.2) is 0 Å². The summed E-state index contributed by atoms with van der Waals surface area (Å²) in [6, 6.07) is 0. The number of aliphatic hydroxyl groups is 1. The third-order valence-electron chi connectivity index (χ3n) is 13.2. The number of carbonyl (C=O) groups excluding carboxylic acids is 3. The molecule has 0 fully saturated rings. The molecule has 3 amide bonds. The van der Waals surface area contributed by atoms with Gasteiger partial charge < -0.3 is 31.3 Å². The summed E-state index contributed by atoms with van der Waals surface area (Å²) in [7, 11) is 0. The van der Waals surface area contributed by atoms with Crippen LogP contribution in [0.3, 0.4) is 0 Å². The number of hydrogen-bond donors (Lipinski definition) is 5. The molecule has 0 unspecified atom stereocenters. The minimum atomic E-state index is 0.0912. The van der Waals surface area contributed by atoms with E-state index in [2.05, 4.69) is 53.9 Å². The Morgan fingerprint density at radius 2 is 0.567 bits per heavy atom. The first-order chi connectivity index (χ1) is 32.9. The molecule has 0 spiro atoms. The first-order valence-electron chi connectivity index (χ1n) is 29.8. The van der Waals surface area contributed by atoms with Crippen molar-refractivity contribution in [2.45, 2.75) is 297 Å². The number of amides is 3. The summed E-state index contributed by atoms with van der Waals surface area (Å²) in [5.41, 5.74) is 0. The summed E-state index contributed by atoms with van der Waals surface area (Å²) in [6.07, 6.45) is 52.6. The van der Waals surface area contributed by atoms with E-state index in [-0.39, 0.29) is 24.3 Å². The Morgan fingerprint density at radius 1 is 0.299 bits per heavy atom. The van der Waals surface area contributed by atoms with Crippen LogP contribution in [0, 0.1) is 0 Å². The van der Waals surface area contributed by atoms with Crippen molar-refractivity contribution >= 4 is 17.7 Å². The molecule has 0 aliphatic heterocycles. The second-order valence-electron chi connectivity index (χ2n) is 20.0. The van der Waals surface area contributed by atoms with Crippen molar-refractivity contribution in [1.82, 2.24) is 26.2 Å². The van der Waals surface area contributed by atoms with Crippen LogP contribution >= 0.6 is 0 Å². The van der Waals surface area contributed by atoms with Crippen LogP contribution in [-0.4, -0.2) is 86.7 Å². The molecule has 0 aromatic rings. The molecule has 0 atom stereocenters. The van der Waals surface area contributed by atoms with Gasteiger partial charge in [0, 0.05) is 71.7 Å². The van der Waals surface area contributed by atoms with E-state index >= 15 is 0 Å². The van der Waals surface area contributed by atoms with E-state index in [0.717, 1.165) is 52.0 Å². The van der Waals surface area contributed by atoms with E-state index in [1.165, 1.54) is 225 Å². The van der Waals surface area contributed by atoms with Gasteiger partial charge in [-0.15, -0.1) is 0 Å². The van der Waals surface area contributed by atoms with Crippen LogP contribution < -0.4 is 21.3 Å². The monoisotopic (exact) mass is 950 g/mol. The standard InChI is InChI=1S/C37H75N3O3.C21H44N2O/c1-3-5-7-9-11-13-15-17-19-21-23-25-30-38-36(42)28-33-40(32-27-35-41)34-29-37(43)39-31-26-24-22-20-18-16-14-12-10-8-6-4-2;1-3-5-7-8-9-10-11-12-13-14-15-16-19-23-21(24)17-20-22-18-6-4-2/h41H,3-35H2,1-2H3,(H,38,42)(H,39,43);22H,3-20H2,1-2H3,(H,23,24). The minimum absolute atomic E-state index is 0.0912. The van der Waals surface area contributed by atoms with Crippen molar-refractivity contribution in [3.05, 3.63) is 0 Å². The third kappa shape index (κ3) is 60.4. The minimum Gasteiger partial charge on any atom is -0.396 e. The molecule has 0 rings (SSSR count). The molecule has 67 heavy (non-hydrogen) atoms. The molecule has 9 nitrogen and oxygen atoms in total. The lowest BCUT2D eigenvalue weighted by Crippen LogP contribution is -2.35. The molecule has 0 aromatic carbocycles. The number of nitrogens with one attached hydrogen (secondary N) is 4. The molecular formula is C58H119N5O4. The zero-order chi connectivity index (χ0) is 49.2. The molecular weight excluding hydrogens is 831 g/mol. The average Bonchev–Trinajstić information content (AvgIpc) is 3.33. The fraction of sp³-hybridized carbons (Fsp3) is 0.948. The maximum absolute atomic E-state index is 12.3. The van der Waals surface area contributed by atoms with E-state index < -0.39 is 0 Å². The molecule has 0 aliphatic rings. The fourth-order valence-electron chi connectivity index (χ4n) is 8.62. The highest BCUT2D eigenvalue weighted by molar-refractivity contribution is 5.77. The maximum atomic E-state index is 12.3. The molecule has 400 valence electrons. The largest absolute Gasteiger partial charge is 0.396 e. The number of rotatable bonds is 54. The lowest BCUT2D eigenvalue weighted by atomic mass is 10.1. The zero-order valence-corrected chi connectivity index (χ0v) is 45.7. The summed E-state index contributed by atoms with van der Waals surface area (Å²) in [5.74, 6) is 0.379. The van der Waals surface area contributed by atoms with Crippen LogP contribution in [0.2, 0.25) is 0 Å². The molecule has 0 aromatic heterocycles. The van der Waals surface area contributed by atoms with Gasteiger partial charge in [-0.1, -0.05) is 246 Å². The lowest BCUT2D eigenvalue weighted by molar-refractivity contribution is -0.122. The van der Waals surface area contributed by atoms with Gasteiger partial charge in [-0.25, -0.2) is 0 Å². The smallest absolute Gasteiger partial charge is 0.221 e. The Balaban J connectivity index is 0. The second-order valence-corrected chi connectivity index (χ2v) is 20.0. The SMILES string of the molecule is CCCCCCCCCCCCCCNC(=O)CCN(CCCO)CCC(=O)NCCCCCCCCCCCCCC.CCCCCCCCCCCCCCNC(=O)CCNCCCC. The molecule has 0 heterocycles. The van der Waals surface area contributed by atoms with Crippen LogP contribution in [0.4, 0.5) is 0 Å². The van der Waals surface area contributed by atoms with Gasteiger partial charge >= 0.3 is 0 Å². The summed E-state index contributed by atoms with van der Waals surface area (Å²) >= 11 is 0. The Bertz CT molecular complexity index is 939. The van der Waals surface area contributed by atoms with Crippen LogP contribution in [0.5, 0.6) is 0 Å². The van der Waals surface area contributed by atoms with Crippen LogP contribution in [-0.2, 0) is 14.4 Å². The van der Waals surface area contributed by atoms with Crippen molar-refractivity contribution in [3.8, 4) is 0 Å². The van der Waals surface area contributed by atoms with Gasteiger partial charge in [0.05, 0.1) is 0 Å². The fourth-order valence-corrected chi connectivity index (χ4v) is 8.62. The van der Waals surface area contributed by atoms with Crippen LogP contribution in [0.1, 0.15) is 297 Å². The predicted octanol–water partition coefficient (Wildman–Crippen LogP) is 14.7. The molecule has 0 saturated carbocycles.